The summed E-state index contributed by atoms with van der Waals surface area (Å²) in [4.78, 5) is 19.3. The lowest BCUT2D eigenvalue weighted by atomic mass is 9.99. The molecular weight excluding hydrogens is 274 g/mol. The molecule has 0 atom stereocenters. The van der Waals surface area contributed by atoms with E-state index in [2.05, 4.69) is 10.3 Å². The molecule has 3 rings (SSSR count). The van der Waals surface area contributed by atoms with E-state index in [4.69, 9.17) is 0 Å². The maximum atomic E-state index is 13.0. The SMILES string of the molecule is CNc1cncc(-c2ccccc2)c1C(=O)N1CCCCC1. The fourth-order valence-corrected chi connectivity index (χ4v) is 2.97. The van der Waals surface area contributed by atoms with Crippen molar-refractivity contribution in [2.45, 2.75) is 19.3 Å². The fraction of sp³-hybridized carbons (Fsp3) is 0.333. The molecule has 22 heavy (non-hydrogen) atoms. The summed E-state index contributed by atoms with van der Waals surface area (Å²) in [7, 11) is 1.83. The van der Waals surface area contributed by atoms with E-state index in [0.717, 1.165) is 48.3 Å². The van der Waals surface area contributed by atoms with Gasteiger partial charge in [-0.2, -0.15) is 0 Å². The van der Waals surface area contributed by atoms with Gasteiger partial charge < -0.3 is 10.2 Å². The van der Waals surface area contributed by atoms with Crippen molar-refractivity contribution < 1.29 is 4.79 Å². The van der Waals surface area contributed by atoms with Crippen molar-refractivity contribution in [2.24, 2.45) is 0 Å². The third-order valence-electron chi connectivity index (χ3n) is 4.16. The Bertz CT molecular complexity index is 649. The number of likely N-dealkylation sites (tertiary alicyclic amines) is 1. The van der Waals surface area contributed by atoms with E-state index in [9.17, 15) is 4.79 Å². The largest absolute Gasteiger partial charge is 0.386 e. The molecule has 0 radical (unpaired) electrons. The summed E-state index contributed by atoms with van der Waals surface area (Å²) < 4.78 is 0. The second kappa shape index (κ2) is 6.60. The minimum Gasteiger partial charge on any atom is -0.386 e. The van der Waals surface area contributed by atoms with Crippen LogP contribution in [0, 0.1) is 0 Å². The Morgan fingerprint density at radius 2 is 1.82 bits per heavy atom. The number of benzene rings is 1. The molecule has 0 aliphatic carbocycles. The number of amides is 1. The molecule has 2 aromatic rings. The van der Waals surface area contributed by atoms with Crippen LogP contribution in [0.15, 0.2) is 42.7 Å². The van der Waals surface area contributed by atoms with Crippen molar-refractivity contribution in [1.82, 2.24) is 9.88 Å². The van der Waals surface area contributed by atoms with Crippen LogP contribution in [-0.4, -0.2) is 35.9 Å². The van der Waals surface area contributed by atoms with Crippen molar-refractivity contribution in [1.29, 1.82) is 0 Å². The van der Waals surface area contributed by atoms with Crippen LogP contribution < -0.4 is 5.32 Å². The number of aromatic nitrogens is 1. The molecule has 1 aromatic heterocycles. The molecule has 0 spiro atoms. The Hall–Kier alpha value is -2.36. The highest BCUT2D eigenvalue weighted by Gasteiger charge is 2.24. The monoisotopic (exact) mass is 295 g/mol. The summed E-state index contributed by atoms with van der Waals surface area (Å²) in [6, 6.07) is 9.98. The lowest BCUT2D eigenvalue weighted by molar-refractivity contribution is 0.0726. The Morgan fingerprint density at radius 1 is 1.09 bits per heavy atom. The number of pyridine rings is 1. The van der Waals surface area contributed by atoms with Gasteiger partial charge in [-0.25, -0.2) is 0 Å². The van der Waals surface area contributed by atoms with Crippen molar-refractivity contribution in [3.63, 3.8) is 0 Å². The summed E-state index contributed by atoms with van der Waals surface area (Å²) in [5.41, 5.74) is 3.43. The number of rotatable bonds is 3. The molecule has 0 unspecified atom stereocenters. The van der Waals surface area contributed by atoms with Gasteiger partial charge in [0.2, 0.25) is 0 Å². The number of nitrogens with zero attached hydrogens (tertiary/aromatic N) is 2. The third-order valence-corrected chi connectivity index (χ3v) is 4.16. The number of anilines is 1. The maximum Gasteiger partial charge on any atom is 0.256 e. The van der Waals surface area contributed by atoms with E-state index in [0.29, 0.717) is 0 Å². The zero-order valence-electron chi connectivity index (χ0n) is 12.9. The average Bonchev–Trinajstić information content (AvgIpc) is 2.62. The molecule has 1 fully saturated rings. The Kier molecular flexibility index (Phi) is 4.37. The number of piperidine rings is 1. The Balaban J connectivity index is 2.06. The van der Waals surface area contributed by atoms with Crippen molar-refractivity contribution in [3.8, 4) is 11.1 Å². The second-order valence-corrected chi connectivity index (χ2v) is 5.58. The zero-order chi connectivity index (χ0) is 15.4. The van der Waals surface area contributed by atoms with Crippen LogP contribution >= 0.6 is 0 Å². The lowest BCUT2D eigenvalue weighted by Gasteiger charge is -2.28. The first-order valence-electron chi connectivity index (χ1n) is 7.81. The molecule has 1 aliphatic rings. The smallest absolute Gasteiger partial charge is 0.256 e. The van der Waals surface area contributed by atoms with E-state index in [1.165, 1.54) is 6.42 Å². The predicted molar refractivity (Wildman–Crippen MR) is 89.0 cm³/mol. The van der Waals surface area contributed by atoms with Gasteiger partial charge in [-0.15, -0.1) is 0 Å². The van der Waals surface area contributed by atoms with E-state index >= 15 is 0 Å². The first-order valence-corrected chi connectivity index (χ1v) is 7.81. The number of carbonyl (C=O) groups excluding carboxylic acids is 1. The van der Waals surface area contributed by atoms with E-state index in [1.54, 1.807) is 12.4 Å². The van der Waals surface area contributed by atoms with Crippen LogP contribution in [0.3, 0.4) is 0 Å². The molecule has 114 valence electrons. The molecule has 2 heterocycles. The summed E-state index contributed by atoms with van der Waals surface area (Å²) in [6.45, 7) is 1.69. The molecule has 1 saturated heterocycles. The quantitative estimate of drug-likeness (QED) is 0.943. The minimum atomic E-state index is 0.102. The van der Waals surface area contributed by atoms with Gasteiger partial charge in [0.25, 0.3) is 5.91 Å². The molecule has 0 saturated carbocycles. The van der Waals surface area contributed by atoms with Gasteiger partial charge in [-0.05, 0) is 24.8 Å². The van der Waals surface area contributed by atoms with Crippen LogP contribution in [0.5, 0.6) is 0 Å². The minimum absolute atomic E-state index is 0.102. The third kappa shape index (κ3) is 2.82. The molecule has 1 aliphatic heterocycles. The highest BCUT2D eigenvalue weighted by molar-refractivity contribution is 6.05. The highest BCUT2D eigenvalue weighted by Crippen LogP contribution is 2.30. The zero-order valence-corrected chi connectivity index (χ0v) is 12.9. The number of hydrogen-bond donors (Lipinski definition) is 1. The number of nitrogens with one attached hydrogen (secondary N) is 1. The van der Waals surface area contributed by atoms with Crippen LogP contribution in [-0.2, 0) is 0 Å². The van der Waals surface area contributed by atoms with Gasteiger partial charge >= 0.3 is 0 Å². The lowest BCUT2D eigenvalue weighted by Crippen LogP contribution is -2.36. The normalized spacial score (nSPS) is 14.7. The van der Waals surface area contributed by atoms with Crippen LogP contribution in [0.4, 0.5) is 5.69 Å². The molecular formula is C18H21N3O. The topological polar surface area (TPSA) is 45.2 Å². The van der Waals surface area contributed by atoms with Crippen molar-refractivity contribution >= 4 is 11.6 Å². The summed E-state index contributed by atoms with van der Waals surface area (Å²) >= 11 is 0. The first kappa shape index (κ1) is 14.6. The number of carbonyl (C=O) groups is 1. The maximum absolute atomic E-state index is 13.0. The van der Waals surface area contributed by atoms with Crippen LogP contribution in [0.1, 0.15) is 29.6 Å². The molecule has 0 bridgehead atoms. The first-order chi connectivity index (χ1) is 10.8. The Labute approximate surface area is 131 Å². The molecule has 1 N–H and O–H groups in total. The van der Waals surface area contributed by atoms with E-state index < -0.39 is 0 Å². The number of hydrogen-bond acceptors (Lipinski definition) is 3. The fourth-order valence-electron chi connectivity index (χ4n) is 2.97. The van der Waals surface area contributed by atoms with Gasteiger partial charge in [0.15, 0.2) is 0 Å². The summed E-state index contributed by atoms with van der Waals surface area (Å²) in [6.07, 6.45) is 6.90. The molecule has 1 aromatic carbocycles. The predicted octanol–water partition coefficient (Wildman–Crippen LogP) is 3.42. The van der Waals surface area contributed by atoms with Gasteiger partial charge in [0.1, 0.15) is 0 Å². The molecule has 4 nitrogen and oxygen atoms in total. The van der Waals surface area contributed by atoms with E-state index in [-0.39, 0.29) is 5.91 Å². The van der Waals surface area contributed by atoms with Gasteiger partial charge in [0, 0.05) is 31.9 Å². The Morgan fingerprint density at radius 3 is 2.50 bits per heavy atom. The second-order valence-electron chi connectivity index (χ2n) is 5.58. The van der Waals surface area contributed by atoms with Crippen molar-refractivity contribution in [2.75, 3.05) is 25.5 Å². The van der Waals surface area contributed by atoms with Crippen LogP contribution in [0.2, 0.25) is 0 Å². The van der Waals surface area contributed by atoms with Crippen molar-refractivity contribution in [3.05, 3.63) is 48.3 Å². The summed E-state index contributed by atoms with van der Waals surface area (Å²) in [5.74, 6) is 0.102. The van der Waals surface area contributed by atoms with Gasteiger partial charge in [-0.3, -0.25) is 9.78 Å². The van der Waals surface area contributed by atoms with Gasteiger partial charge in [0.05, 0.1) is 17.4 Å². The summed E-state index contributed by atoms with van der Waals surface area (Å²) in [5, 5.41) is 3.12. The molecule has 1 amide bonds. The highest BCUT2D eigenvalue weighted by atomic mass is 16.2. The average molecular weight is 295 g/mol. The van der Waals surface area contributed by atoms with E-state index in [1.807, 2.05) is 42.3 Å². The van der Waals surface area contributed by atoms with Gasteiger partial charge in [-0.1, -0.05) is 30.3 Å². The van der Waals surface area contributed by atoms with Crippen LogP contribution in [0.25, 0.3) is 11.1 Å². The standard InChI is InChI=1S/C18H21N3O/c1-19-16-13-20-12-15(14-8-4-2-5-9-14)17(16)18(22)21-10-6-3-7-11-21/h2,4-5,8-9,12-13,19H,3,6-7,10-11H2,1H3. The molecule has 4 heteroatoms.